The van der Waals surface area contributed by atoms with Crippen LogP contribution in [0.5, 0.6) is 11.5 Å². The molecule has 2 aromatic rings. The van der Waals surface area contributed by atoms with Crippen molar-refractivity contribution in [2.75, 3.05) is 18.4 Å². The van der Waals surface area contributed by atoms with Crippen LogP contribution in [0.4, 0.5) is 5.69 Å². The zero-order valence-corrected chi connectivity index (χ0v) is 14.8. The molecule has 2 aliphatic rings. The minimum atomic E-state index is -0.590. The molecule has 0 bridgehead atoms. The third-order valence-electron chi connectivity index (χ3n) is 4.92. The topological polar surface area (TPSA) is 63.7 Å². The van der Waals surface area contributed by atoms with E-state index in [1.165, 1.54) is 0 Å². The molecule has 26 heavy (non-hydrogen) atoms. The summed E-state index contributed by atoms with van der Waals surface area (Å²) in [7, 11) is 0. The number of piperidine rings is 1. The Balaban J connectivity index is 1.35. The van der Waals surface area contributed by atoms with E-state index >= 15 is 0 Å². The fourth-order valence-corrected chi connectivity index (χ4v) is 3.50. The Labute approximate surface area is 153 Å². The fourth-order valence-electron chi connectivity index (χ4n) is 3.50. The van der Waals surface area contributed by atoms with Gasteiger partial charge in [-0.2, -0.15) is 0 Å². The van der Waals surface area contributed by atoms with E-state index < -0.39 is 6.10 Å². The first-order chi connectivity index (χ1) is 12.7. The van der Waals surface area contributed by atoms with Crippen LogP contribution in [0.2, 0.25) is 0 Å². The maximum absolute atomic E-state index is 12.9. The van der Waals surface area contributed by atoms with Gasteiger partial charge in [0.05, 0.1) is 5.69 Å². The lowest BCUT2D eigenvalue weighted by Crippen LogP contribution is -2.53. The minimum absolute atomic E-state index is 0.00632. The van der Waals surface area contributed by atoms with Crippen molar-refractivity contribution in [3.05, 3.63) is 48.8 Å². The number of carbonyl (C=O) groups excluding carboxylic acids is 1. The molecule has 1 amide bonds. The summed E-state index contributed by atoms with van der Waals surface area (Å²) < 4.78 is 11.8. The Hall–Kier alpha value is -2.76. The van der Waals surface area contributed by atoms with Crippen LogP contribution in [0.3, 0.4) is 0 Å². The van der Waals surface area contributed by atoms with Gasteiger partial charge in [-0.05, 0) is 44.0 Å². The smallest absolute Gasteiger partial charge is 0.267 e. The summed E-state index contributed by atoms with van der Waals surface area (Å²) in [5.41, 5.74) is 1.02. The Bertz CT molecular complexity index is 760. The van der Waals surface area contributed by atoms with Gasteiger partial charge in [-0.15, -0.1) is 0 Å². The molecule has 3 heterocycles. The number of aromatic nitrogens is 1. The molecule has 1 fully saturated rings. The van der Waals surface area contributed by atoms with Crippen molar-refractivity contribution in [3.63, 3.8) is 0 Å². The summed E-state index contributed by atoms with van der Waals surface area (Å²) in [4.78, 5) is 18.9. The number of fused-ring (bicyclic) bond motifs is 1. The largest absolute Gasteiger partial charge is 0.482 e. The predicted molar refractivity (Wildman–Crippen MR) is 98.4 cm³/mol. The second kappa shape index (κ2) is 7.23. The Morgan fingerprint density at radius 1 is 1.12 bits per heavy atom. The lowest BCUT2D eigenvalue weighted by atomic mass is 10.0. The van der Waals surface area contributed by atoms with E-state index in [0.29, 0.717) is 30.6 Å². The van der Waals surface area contributed by atoms with Gasteiger partial charge in [0.25, 0.3) is 5.91 Å². The number of para-hydroxylation sites is 2. The molecule has 6 heteroatoms. The first kappa shape index (κ1) is 16.7. The molecule has 6 nitrogen and oxygen atoms in total. The molecule has 0 spiro atoms. The number of nitrogens with zero attached hydrogens (tertiary/aromatic N) is 2. The second-order valence-corrected chi connectivity index (χ2v) is 6.79. The number of pyridine rings is 1. The first-order valence-corrected chi connectivity index (χ1v) is 9.08. The summed E-state index contributed by atoms with van der Waals surface area (Å²) >= 11 is 0. The maximum Gasteiger partial charge on any atom is 0.267 e. The SMILES string of the molecule is CC1Oc2ccccc2OC1C(=O)N1CCC(Nc2cccnc2)CC1. The zero-order valence-electron chi connectivity index (χ0n) is 14.8. The van der Waals surface area contributed by atoms with Crippen LogP contribution in [0, 0.1) is 0 Å². The highest BCUT2D eigenvalue weighted by Crippen LogP contribution is 2.34. The third-order valence-corrected chi connectivity index (χ3v) is 4.92. The molecular weight excluding hydrogens is 330 g/mol. The average Bonchev–Trinajstić information content (AvgIpc) is 2.68. The number of benzene rings is 1. The number of hydrogen-bond donors (Lipinski definition) is 1. The Kier molecular flexibility index (Phi) is 4.65. The number of carbonyl (C=O) groups is 1. The Morgan fingerprint density at radius 3 is 2.54 bits per heavy atom. The van der Waals surface area contributed by atoms with Crippen molar-refractivity contribution < 1.29 is 14.3 Å². The molecule has 4 rings (SSSR count). The molecular formula is C20H23N3O3. The number of nitrogens with one attached hydrogen (secondary N) is 1. The van der Waals surface area contributed by atoms with E-state index in [4.69, 9.17) is 9.47 Å². The highest BCUT2D eigenvalue weighted by Gasteiger charge is 2.37. The van der Waals surface area contributed by atoms with Crippen LogP contribution in [-0.4, -0.2) is 47.1 Å². The number of ether oxygens (including phenoxy) is 2. The second-order valence-electron chi connectivity index (χ2n) is 6.79. The highest BCUT2D eigenvalue weighted by molar-refractivity contribution is 5.82. The lowest BCUT2D eigenvalue weighted by molar-refractivity contribution is -0.145. The first-order valence-electron chi connectivity index (χ1n) is 9.08. The van der Waals surface area contributed by atoms with Crippen molar-refractivity contribution in [1.82, 2.24) is 9.88 Å². The molecule has 1 N–H and O–H groups in total. The summed E-state index contributed by atoms with van der Waals surface area (Å²) in [6.07, 6.45) is 4.50. The molecule has 0 saturated carbocycles. The van der Waals surface area contributed by atoms with Gasteiger partial charge >= 0.3 is 0 Å². The van der Waals surface area contributed by atoms with Crippen LogP contribution in [0.25, 0.3) is 0 Å². The van der Waals surface area contributed by atoms with Crippen molar-refractivity contribution >= 4 is 11.6 Å². The van der Waals surface area contributed by atoms with Crippen molar-refractivity contribution in [2.45, 2.75) is 38.0 Å². The third kappa shape index (κ3) is 3.45. The summed E-state index contributed by atoms with van der Waals surface area (Å²) in [6, 6.07) is 11.8. The van der Waals surface area contributed by atoms with E-state index in [-0.39, 0.29) is 12.0 Å². The van der Waals surface area contributed by atoms with Crippen LogP contribution in [-0.2, 0) is 4.79 Å². The summed E-state index contributed by atoms with van der Waals surface area (Å²) in [6.45, 7) is 3.31. The molecule has 2 unspecified atom stereocenters. The van der Waals surface area contributed by atoms with Gasteiger partial charge in [-0.3, -0.25) is 9.78 Å². The van der Waals surface area contributed by atoms with E-state index in [1.54, 1.807) is 6.20 Å². The molecule has 2 aliphatic heterocycles. The van der Waals surface area contributed by atoms with E-state index in [9.17, 15) is 4.79 Å². The summed E-state index contributed by atoms with van der Waals surface area (Å²) in [5, 5.41) is 3.49. The number of likely N-dealkylation sites (tertiary alicyclic amines) is 1. The van der Waals surface area contributed by atoms with Gasteiger partial charge in [0, 0.05) is 31.5 Å². The van der Waals surface area contributed by atoms with Gasteiger partial charge in [0.1, 0.15) is 6.10 Å². The quantitative estimate of drug-likeness (QED) is 0.919. The predicted octanol–water partition coefficient (Wildman–Crippen LogP) is 2.71. The molecule has 0 radical (unpaired) electrons. The van der Waals surface area contributed by atoms with Crippen LogP contribution in [0.15, 0.2) is 48.8 Å². The van der Waals surface area contributed by atoms with Gasteiger partial charge in [-0.25, -0.2) is 0 Å². The number of hydrogen-bond acceptors (Lipinski definition) is 5. The van der Waals surface area contributed by atoms with Gasteiger partial charge < -0.3 is 19.7 Å². The zero-order chi connectivity index (χ0) is 17.9. The summed E-state index contributed by atoms with van der Waals surface area (Å²) in [5.74, 6) is 1.34. The van der Waals surface area contributed by atoms with Crippen molar-refractivity contribution in [3.8, 4) is 11.5 Å². The fraction of sp³-hybridized carbons (Fsp3) is 0.400. The molecule has 0 aliphatic carbocycles. The van der Waals surface area contributed by atoms with Gasteiger partial charge in [-0.1, -0.05) is 12.1 Å². The Morgan fingerprint density at radius 2 is 1.85 bits per heavy atom. The minimum Gasteiger partial charge on any atom is -0.482 e. The monoisotopic (exact) mass is 353 g/mol. The average molecular weight is 353 g/mol. The standard InChI is InChI=1S/C20H23N3O3/c1-14-19(26-18-7-3-2-6-17(18)25-14)20(24)23-11-8-15(9-12-23)22-16-5-4-10-21-13-16/h2-7,10,13-15,19,22H,8-9,11-12H2,1H3. The highest BCUT2D eigenvalue weighted by atomic mass is 16.6. The van der Waals surface area contributed by atoms with E-state index in [1.807, 2.05) is 54.4 Å². The molecule has 136 valence electrons. The van der Waals surface area contributed by atoms with Crippen molar-refractivity contribution in [1.29, 1.82) is 0 Å². The molecule has 2 atom stereocenters. The normalized spacial score (nSPS) is 22.7. The van der Waals surface area contributed by atoms with Crippen LogP contribution < -0.4 is 14.8 Å². The van der Waals surface area contributed by atoms with E-state index in [0.717, 1.165) is 18.5 Å². The van der Waals surface area contributed by atoms with Gasteiger partial charge in [0.15, 0.2) is 11.5 Å². The molecule has 1 saturated heterocycles. The molecule has 1 aromatic heterocycles. The maximum atomic E-state index is 12.9. The lowest BCUT2D eigenvalue weighted by Gasteiger charge is -2.37. The van der Waals surface area contributed by atoms with Crippen LogP contribution >= 0.6 is 0 Å². The number of amides is 1. The number of rotatable bonds is 3. The van der Waals surface area contributed by atoms with Gasteiger partial charge in [0.2, 0.25) is 6.10 Å². The van der Waals surface area contributed by atoms with E-state index in [2.05, 4.69) is 10.3 Å². The van der Waals surface area contributed by atoms with Crippen molar-refractivity contribution in [2.24, 2.45) is 0 Å². The molecule has 1 aromatic carbocycles. The van der Waals surface area contributed by atoms with Crippen LogP contribution in [0.1, 0.15) is 19.8 Å². The number of anilines is 1.